The summed E-state index contributed by atoms with van der Waals surface area (Å²) in [5, 5.41) is 0.612. The molecule has 0 atom stereocenters. The predicted octanol–water partition coefficient (Wildman–Crippen LogP) is 4.03. The second kappa shape index (κ2) is 7.53. The van der Waals surface area contributed by atoms with Crippen molar-refractivity contribution < 1.29 is 19.1 Å². The van der Waals surface area contributed by atoms with Gasteiger partial charge in [-0.05, 0) is 57.0 Å². The first-order chi connectivity index (χ1) is 11.3. The molecule has 0 saturated carbocycles. The Morgan fingerprint density at radius 3 is 2.54 bits per heavy atom. The van der Waals surface area contributed by atoms with Gasteiger partial charge in [-0.3, -0.25) is 4.79 Å². The zero-order valence-corrected chi connectivity index (χ0v) is 14.9. The number of carbonyl (C=O) groups excluding carboxylic acids is 2. The topological polar surface area (TPSA) is 68.4 Å². The second-order valence-corrected chi connectivity index (χ2v) is 5.90. The molecule has 1 aromatic heterocycles. The Hall–Kier alpha value is -2.27. The largest absolute Gasteiger partial charge is 0.485 e. The number of aromatic nitrogens is 1. The molecular weight excluding hydrogens is 330 g/mol. The van der Waals surface area contributed by atoms with Gasteiger partial charge in [0.1, 0.15) is 5.75 Å². The SMILES string of the molecule is CCOC(=O)c1c(C)[nH]c(C(=O)COc2ccc(Cl)cc2C)c1C. The van der Waals surface area contributed by atoms with E-state index in [1.807, 2.05) is 6.92 Å². The molecule has 1 N–H and O–H groups in total. The average Bonchev–Trinajstić information content (AvgIpc) is 2.81. The van der Waals surface area contributed by atoms with E-state index in [4.69, 9.17) is 21.1 Å². The van der Waals surface area contributed by atoms with Gasteiger partial charge < -0.3 is 14.5 Å². The van der Waals surface area contributed by atoms with Crippen molar-refractivity contribution in [2.75, 3.05) is 13.2 Å². The third kappa shape index (κ3) is 3.79. The van der Waals surface area contributed by atoms with E-state index in [0.717, 1.165) is 5.56 Å². The van der Waals surface area contributed by atoms with Gasteiger partial charge in [0.25, 0.3) is 0 Å². The minimum absolute atomic E-state index is 0.133. The van der Waals surface area contributed by atoms with Gasteiger partial charge in [-0.15, -0.1) is 0 Å². The fraction of sp³-hybridized carbons (Fsp3) is 0.333. The van der Waals surface area contributed by atoms with Crippen molar-refractivity contribution >= 4 is 23.4 Å². The molecule has 6 heteroatoms. The number of nitrogens with one attached hydrogen (secondary N) is 1. The normalized spacial score (nSPS) is 10.5. The summed E-state index contributed by atoms with van der Waals surface area (Å²) in [7, 11) is 0. The van der Waals surface area contributed by atoms with Gasteiger partial charge in [0.15, 0.2) is 6.61 Å². The van der Waals surface area contributed by atoms with Crippen LogP contribution in [0.15, 0.2) is 18.2 Å². The van der Waals surface area contributed by atoms with Crippen LogP contribution in [0.5, 0.6) is 5.75 Å². The fourth-order valence-electron chi connectivity index (χ4n) is 2.53. The number of aryl methyl sites for hydroxylation is 2. The zero-order chi connectivity index (χ0) is 17.9. The molecule has 24 heavy (non-hydrogen) atoms. The molecule has 1 heterocycles. The van der Waals surface area contributed by atoms with Gasteiger partial charge in [-0.1, -0.05) is 11.6 Å². The zero-order valence-electron chi connectivity index (χ0n) is 14.2. The van der Waals surface area contributed by atoms with Crippen LogP contribution in [-0.4, -0.2) is 30.0 Å². The third-order valence-corrected chi connectivity index (χ3v) is 3.93. The molecule has 0 radical (unpaired) electrons. The number of H-pyrrole nitrogens is 1. The summed E-state index contributed by atoms with van der Waals surface area (Å²) < 4.78 is 10.6. The van der Waals surface area contributed by atoms with Gasteiger partial charge in [0, 0.05) is 10.7 Å². The first-order valence-electron chi connectivity index (χ1n) is 7.63. The number of ether oxygens (including phenoxy) is 2. The maximum absolute atomic E-state index is 12.4. The molecule has 128 valence electrons. The lowest BCUT2D eigenvalue weighted by Gasteiger charge is -2.08. The van der Waals surface area contributed by atoms with E-state index in [1.165, 1.54) is 0 Å². The van der Waals surface area contributed by atoms with E-state index in [2.05, 4.69) is 4.98 Å². The number of rotatable bonds is 6. The molecule has 0 aliphatic rings. The van der Waals surface area contributed by atoms with Crippen LogP contribution in [0.4, 0.5) is 0 Å². The highest BCUT2D eigenvalue weighted by molar-refractivity contribution is 6.30. The number of aromatic amines is 1. The lowest BCUT2D eigenvalue weighted by atomic mass is 10.1. The summed E-state index contributed by atoms with van der Waals surface area (Å²) in [4.78, 5) is 27.4. The lowest BCUT2D eigenvalue weighted by molar-refractivity contribution is 0.0525. The molecule has 0 aliphatic heterocycles. The summed E-state index contributed by atoms with van der Waals surface area (Å²) >= 11 is 5.90. The van der Waals surface area contributed by atoms with E-state index in [1.54, 1.807) is 39.0 Å². The highest BCUT2D eigenvalue weighted by Gasteiger charge is 2.23. The Morgan fingerprint density at radius 1 is 1.21 bits per heavy atom. The maximum atomic E-state index is 12.4. The number of ketones is 1. The Balaban J connectivity index is 2.15. The maximum Gasteiger partial charge on any atom is 0.340 e. The first kappa shape index (κ1) is 18.1. The quantitative estimate of drug-likeness (QED) is 0.631. The van der Waals surface area contributed by atoms with E-state index >= 15 is 0 Å². The van der Waals surface area contributed by atoms with Gasteiger partial charge in [-0.25, -0.2) is 4.79 Å². The van der Waals surface area contributed by atoms with Crippen LogP contribution in [0, 0.1) is 20.8 Å². The highest BCUT2D eigenvalue weighted by atomic mass is 35.5. The summed E-state index contributed by atoms with van der Waals surface area (Å²) in [6, 6.07) is 5.20. The summed E-state index contributed by atoms with van der Waals surface area (Å²) in [6.45, 7) is 7.20. The fourth-order valence-corrected chi connectivity index (χ4v) is 2.76. The van der Waals surface area contributed by atoms with Crippen molar-refractivity contribution in [1.82, 2.24) is 4.98 Å². The van der Waals surface area contributed by atoms with Crippen LogP contribution >= 0.6 is 11.6 Å². The average molecular weight is 350 g/mol. The van der Waals surface area contributed by atoms with Crippen LogP contribution in [-0.2, 0) is 4.74 Å². The van der Waals surface area contributed by atoms with Crippen molar-refractivity contribution in [3.05, 3.63) is 51.3 Å². The van der Waals surface area contributed by atoms with Gasteiger partial charge in [0.2, 0.25) is 5.78 Å². The van der Waals surface area contributed by atoms with Crippen molar-refractivity contribution in [2.24, 2.45) is 0 Å². The van der Waals surface area contributed by atoms with Gasteiger partial charge in [-0.2, -0.15) is 0 Å². The molecule has 2 aromatic rings. The number of hydrogen-bond donors (Lipinski definition) is 1. The molecule has 0 bridgehead atoms. The van der Waals surface area contributed by atoms with Gasteiger partial charge >= 0.3 is 5.97 Å². The Kier molecular flexibility index (Phi) is 5.67. The van der Waals surface area contributed by atoms with E-state index in [9.17, 15) is 9.59 Å². The minimum atomic E-state index is -0.433. The Labute approximate surface area is 145 Å². The number of esters is 1. The van der Waals surface area contributed by atoms with E-state index < -0.39 is 5.97 Å². The van der Waals surface area contributed by atoms with Gasteiger partial charge in [0.05, 0.1) is 17.9 Å². The van der Waals surface area contributed by atoms with Crippen LogP contribution in [0.1, 0.15) is 44.6 Å². The standard InChI is InChI=1S/C18H20ClNO4/c1-5-23-18(22)16-11(3)17(20-12(16)4)14(21)9-24-15-7-6-13(19)8-10(15)2/h6-8,20H,5,9H2,1-4H3. The highest BCUT2D eigenvalue weighted by Crippen LogP contribution is 2.23. The van der Waals surface area contributed by atoms with Crippen LogP contribution in [0.3, 0.4) is 0 Å². The van der Waals surface area contributed by atoms with Crippen molar-refractivity contribution in [1.29, 1.82) is 0 Å². The molecule has 1 aromatic carbocycles. The molecule has 0 spiro atoms. The van der Waals surface area contributed by atoms with Crippen LogP contribution in [0.25, 0.3) is 0 Å². The number of halogens is 1. The molecular formula is C18H20ClNO4. The minimum Gasteiger partial charge on any atom is -0.485 e. The summed E-state index contributed by atoms with van der Waals surface area (Å²) in [5.41, 5.74) is 2.80. The number of Topliss-reactive ketones (excluding diaryl/α,β-unsaturated/α-hetero) is 1. The number of benzene rings is 1. The molecule has 0 aliphatic carbocycles. The van der Waals surface area contributed by atoms with Crippen molar-refractivity contribution in [3.63, 3.8) is 0 Å². The molecule has 5 nitrogen and oxygen atoms in total. The Bertz CT molecular complexity index is 780. The molecule has 2 rings (SSSR count). The number of hydrogen-bond acceptors (Lipinski definition) is 4. The van der Waals surface area contributed by atoms with Crippen LogP contribution in [0.2, 0.25) is 5.02 Å². The smallest absolute Gasteiger partial charge is 0.340 e. The van der Waals surface area contributed by atoms with E-state index in [-0.39, 0.29) is 19.0 Å². The van der Waals surface area contributed by atoms with Crippen molar-refractivity contribution in [3.8, 4) is 5.75 Å². The monoisotopic (exact) mass is 349 g/mol. The molecule has 0 unspecified atom stereocenters. The predicted molar refractivity (Wildman–Crippen MR) is 92.2 cm³/mol. The third-order valence-electron chi connectivity index (χ3n) is 3.69. The second-order valence-electron chi connectivity index (χ2n) is 5.47. The summed E-state index contributed by atoms with van der Waals surface area (Å²) in [5.74, 6) is -0.0722. The lowest BCUT2D eigenvalue weighted by Crippen LogP contribution is -2.14. The summed E-state index contributed by atoms with van der Waals surface area (Å²) in [6.07, 6.45) is 0. The van der Waals surface area contributed by atoms with Crippen molar-refractivity contribution in [2.45, 2.75) is 27.7 Å². The van der Waals surface area contributed by atoms with E-state index in [0.29, 0.717) is 33.3 Å². The molecule has 0 fully saturated rings. The van der Waals surface area contributed by atoms with Crippen LogP contribution < -0.4 is 4.74 Å². The molecule has 0 amide bonds. The first-order valence-corrected chi connectivity index (χ1v) is 8.01. The molecule has 0 saturated heterocycles. The Morgan fingerprint density at radius 2 is 1.92 bits per heavy atom. The number of carbonyl (C=O) groups is 2.